The summed E-state index contributed by atoms with van der Waals surface area (Å²) in [5, 5.41) is 4.57. The number of hydrogen-bond donors (Lipinski definition) is 1. The van der Waals surface area contributed by atoms with E-state index in [1.54, 1.807) is 0 Å². The van der Waals surface area contributed by atoms with Crippen molar-refractivity contribution in [2.24, 2.45) is 16.8 Å². The summed E-state index contributed by atoms with van der Waals surface area (Å²) in [5.74, 6) is 1.64. The minimum Gasteiger partial charge on any atom is -0.370 e. The third kappa shape index (κ3) is 4.93. The lowest BCUT2D eigenvalue weighted by Crippen LogP contribution is -2.50. The van der Waals surface area contributed by atoms with Crippen molar-refractivity contribution in [3.8, 4) is 0 Å². The zero-order valence-electron chi connectivity index (χ0n) is 22.0. The van der Waals surface area contributed by atoms with Crippen LogP contribution in [0.25, 0.3) is 5.70 Å². The second kappa shape index (κ2) is 10.4. The third-order valence-corrected chi connectivity index (χ3v) is 8.90. The first-order chi connectivity index (χ1) is 16.2. The molecule has 1 N–H and O–H groups in total. The number of nitrogens with one attached hydrogen (secondary N) is 1. The first-order valence-corrected chi connectivity index (χ1v) is 13.5. The molecule has 4 heteroatoms. The maximum atomic E-state index is 6.56. The fourth-order valence-corrected chi connectivity index (χ4v) is 6.11. The van der Waals surface area contributed by atoms with Crippen LogP contribution in [0.3, 0.4) is 0 Å². The van der Waals surface area contributed by atoms with E-state index in [1.165, 1.54) is 53.8 Å². The number of rotatable bonds is 6. The molecular weight excluding hydrogens is 438 g/mol. The predicted molar refractivity (Wildman–Crippen MR) is 148 cm³/mol. The van der Waals surface area contributed by atoms with Gasteiger partial charge in [0, 0.05) is 30.2 Å². The molecule has 184 valence electrons. The van der Waals surface area contributed by atoms with Crippen molar-refractivity contribution >= 4 is 23.0 Å². The zero-order chi connectivity index (χ0) is 24.6. The van der Waals surface area contributed by atoms with Gasteiger partial charge in [-0.2, -0.15) is 0 Å². The summed E-state index contributed by atoms with van der Waals surface area (Å²) in [6.07, 6.45) is 9.34. The minimum atomic E-state index is 0.253. The van der Waals surface area contributed by atoms with E-state index in [1.807, 2.05) is 0 Å². The third-order valence-electron chi connectivity index (χ3n) is 8.51. The van der Waals surface area contributed by atoms with E-state index in [2.05, 4.69) is 76.7 Å². The molecule has 1 aromatic carbocycles. The van der Waals surface area contributed by atoms with Gasteiger partial charge in [0.05, 0.1) is 23.1 Å². The molecule has 0 spiro atoms. The Bertz CT molecular complexity index is 1010. The van der Waals surface area contributed by atoms with E-state index in [0.717, 1.165) is 53.1 Å². The monoisotopic (exact) mass is 479 g/mol. The van der Waals surface area contributed by atoms with Crippen LogP contribution in [-0.2, 0) is 0 Å². The molecule has 1 aromatic rings. The van der Waals surface area contributed by atoms with Crippen LogP contribution in [0.2, 0.25) is 5.02 Å². The summed E-state index contributed by atoms with van der Waals surface area (Å²) >= 11 is 6.56. The quantitative estimate of drug-likeness (QED) is 0.457. The molecule has 34 heavy (non-hydrogen) atoms. The van der Waals surface area contributed by atoms with Crippen molar-refractivity contribution in [1.82, 2.24) is 10.2 Å². The highest BCUT2D eigenvalue weighted by Gasteiger charge is 2.35. The highest BCUT2D eigenvalue weighted by Crippen LogP contribution is 2.37. The standard InChI is InChI=1S/C30H42ClN3/c1-8-19(4)25-17-32-28-14-13-27(23-15-20(5)21(6)26(31)16-23)33-29(28)30(25)34(7)24-11-9-22(10-12-24)18(2)3/h13,15-16,18,22,24,28,32H,4,8-12,14,17H2,1-3,5-7H3. The van der Waals surface area contributed by atoms with Crippen molar-refractivity contribution in [1.29, 1.82) is 0 Å². The van der Waals surface area contributed by atoms with Crippen LogP contribution in [0.4, 0.5) is 0 Å². The lowest BCUT2D eigenvalue weighted by molar-refractivity contribution is 0.177. The number of benzene rings is 1. The molecule has 1 unspecified atom stereocenters. The van der Waals surface area contributed by atoms with Crippen molar-refractivity contribution in [3.05, 3.63) is 63.3 Å². The number of halogens is 1. The van der Waals surface area contributed by atoms with Gasteiger partial charge in [-0.3, -0.25) is 0 Å². The van der Waals surface area contributed by atoms with E-state index in [4.69, 9.17) is 16.6 Å². The average molecular weight is 480 g/mol. The highest BCUT2D eigenvalue weighted by molar-refractivity contribution is 6.31. The molecule has 3 nitrogen and oxygen atoms in total. The SMILES string of the molecule is C=C(CC)C1=C(N(C)C2CCC(C(C)C)CC2)C2=NC(c3cc(C)c(C)c(Cl)c3)=CCC2NC1. The van der Waals surface area contributed by atoms with Gasteiger partial charge >= 0.3 is 0 Å². The van der Waals surface area contributed by atoms with Gasteiger partial charge in [-0.15, -0.1) is 0 Å². The fraction of sp³-hybridized carbons (Fsp3) is 0.567. The van der Waals surface area contributed by atoms with Crippen LogP contribution < -0.4 is 5.32 Å². The van der Waals surface area contributed by atoms with Crippen LogP contribution in [0.1, 0.15) is 76.0 Å². The fourth-order valence-electron chi connectivity index (χ4n) is 5.84. The summed E-state index contributed by atoms with van der Waals surface area (Å²) in [4.78, 5) is 7.87. The lowest BCUT2D eigenvalue weighted by Gasteiger charge is -2.43. The largest absolute Gasteiger partial charge is 0.370 e. The summed E-state index contributed by atoms with van der Waals surface area (Å²) in [6, 6.07) is 5.11. The summed E-state index contributed by atoms with van der Waals surface area (Å²) < 4.78 is 0. The summed E-state index contributed by atoms with van der Waals surface area (Å²) in [6.45, 7) is 16.5. The van der Waals surface area contributed by atoms with Crippen LogP contribution in [0.15, 0.2) is 46.6 Å². The van der Waals surface area contributed by atoms with Crippen LogP contribution >= 0.6 is 11.6 Å². The topological polar surface area (TPSA) is 27.6 Å². The van der Waals surface area contributed by atoms with Crippen LogP contribution in [0, 0.1) is 25.7 Å². The van der Waals surface area contributed by atoms with E-state index in [-0.39, 0.29) is 6.04 Å². The van der Waals surface area contributed by atoms with Crippen molar-refractivity contribution in [2.45, 2.75) is 85.2 Å². The lowest BCUT2D eigenvalue weighted by atomic mass is 9.78. The van der Waals surface area contributed by atoms with Gasteiger partial charge in [-0.25, -0.2) is 4.99 Å². The van der Waals surface area contributed by atoms with Gasteiger partial charge in [-0.1, -0.05) is 45.0 Å². The molecule has 1 saturated carbocycles. The zero-order valence-corrected chi connectivity index (χ0v) is 22.7. The second-order valence-corrected chi connectivity index (χ2v) is 11.3. The molecule has 1 aliphatic carbocycles. The molecule has 1 fully saturated rings. The number of aryl methyl sites for hydroxylation is 1. The summed E-state index contributed by atoms with van der Waals surface area (Å²) in [7, 11) is 2.30. The smallest absolute Gasteiger partial charge is 0.0820 e. The Labute approximate surface area is 212 Å². The Hall–Kier alpha value is -1.84. The predicted octanol–water partition coefficient (Wildman–Crippen LogP) is 7.48. The van der Waals surface area contributed by atoms with Crippen LogP contribution in [-0.4, -0.2) is 36.3 Å². The summed E-state index contributed by atoms with van der Waals surface area (Å²) in [5.41, 5.74) is 9.56. The van der Waals surface area contributed by atoms with E-state index in [9.17, 15) is 0 Å². The Morgan fingerprint density at radius 1 is 1.21 bits per heavy atom. The van der Waals surface area contributed by atoms with Gasteiger partial charge in [0.15, 0.2) is 0 Å². The second-order valence-electron chi connectivity index (χ2n) is 10.9. The molecule has 2 aliphatic heterocycles. The van der Waals surface area contributed by atoms with Crippen molar-refractivity contribution in [2.75, 3.05) is 13.6 Å². The molecule has 0 saturated heterocycles. The van der Waals surface area contributed by atoms with Gasteiger partial charge in [0.2, 0.25) is 0 Å². The van der Waals surface area contributed by atoms with Gasteiger partial charge in [-0.05, 0) is 98.6 Å². The van der Waals surface area contributed by atoms with Gasteiger partial charge in [0.25, 0.3) is 0 Å². The van der Waals surface area contributed by atoms with Gasteiger partial charge in [0.1, 0.15) is 0 Å². The Kier molecular flexibility index (Phi) is 7.74. The number of aliphatic imine (C=N–C) groups is 1. The molecular formula is C30H42ClN3. The normalized spacial score (nSPS) is 25.1. The molecule has 3 aliphatic rings. The number of hydrogen-bond acceptors (Lipinski definition) is 3. The Morgan fingerprint density at radius 3 is 2.53 bits per heavy atom. The number of nitrogens with zero attached hydrogens (tertiary/aromatic N) is 2. The van der Waals surface area contributed by atoms with Crippen LogP contribution in [0.5, 0.6) is 0 Å². The van der Waals surface area contributed by atoms with Crippen molar-refractivity contribution in [3.63, 3.8) is 0 Å². The number of fused-ring (bicyclic) bond motifs is 1. The molecule has 0 amide bonds. The molecule has 1 atom stereocenters. The minimum absolute atomic E-state index is 0.253. The first-order valence-electron chi connectivity index (χ1n) is 13.1. The van der Waals surface area contributed by atoms with Gasteiger partial charge < -0.3 is 10.2 Å². The maximum Gasteiger partial charge on any atom is 0.0820 e. The Morgan fingerprint density at radius 2 is 1.91 bits per heavy atom. The molecule has 0 radical (unpaired) electrons. The molecule has 0 aromatic heterocycles. The highest BCUT2D eigenvalue weighted by atomic mass is 35.5. The van der Waals surface area contributed by atoms with E-state index >= 15 is 0 Å². The molecule has 4 rings (SSSR count). The van der Waals surface area contributed by atoms with Crippen molar-refractivity contribution < 1.29 is 0 Å². The maximum absolute atomic E-state index is 6.56. The Balaban J connectivity index is 1.72. The van der Waals surface area contributed by atoms with E-state index in [0.29, 0.717) is 6.04 Å². The molecule has 0 bridgehead atoms. The molecule has 2 heterocycles. The average Bonchev–Trinajstić information content (AvgIpc) is 2.85. The van der Waals surface area contributed by atoms with E-state index < -0.39 is 0 Å². The first kappa shape index (κ1) is 25.3.